The average molecular weight is 417 g/mol. The molecule has 0 aliphatic carbocycles. The molecule has 24 heavy (non-hydrogen) atoms. The summed E-state index contributed by atoms with van der Waals surface area (Å²) in [7, 11) is 0. The smallest absolute Gasteiger partial charge is 0.173 e. The fraction of sp³-hybridized carbons (Fsp3) is 0.211. The van der Waals surface area contributed by atoms with Gasteiger partial charge in [-0.25, -0.2) is 0 Å². The Balaban J connectivity index is 1.95. The Bertz CT molecular complexity index is 755. The van der Waals surface area contributed by atoms with E-state index in [0.29, 0.717) is 0 Å². The molecule has 0 spiro atoms. The number of nitriles is 1. The number of nitrogens with zero attached hydrogens (tertiary/aromatic N) is 2. The van der Waals surface area contributed by atoms with Crippen LogP contribution in [0.3, 0.4) is 0 Å². The van der Waals surface area contributed by atoms with Gasteiger partial charge in [0.2, 0.25) is 0 Å². The lowest BCUT2D eigenvalue weighted by Crippen LogP contribution is -2.39. The Morgan fingerprint density at radius 1 is 1.25 bits per heavy atom. The minimum absolute atomic E-state index is 0.0175. The molecule has 0 amide bonds. The Kier molecular flexibility index (Phi) is 5.60. The zero-order valence-electron chi connectivity index (χ0n) is 13.2. The summed E-state index contributed by atoms with van der Waals surface area (Å²) in [5.41, 5.74) is 2.29. The third-order valence-corrected chi connectivity index (χ3v) is 7.52. The van der Waals surface area contributed by atoms with Crippen LogP contribution in [0.1, 0.15) is 5.56 Å². The highest BCUT2D eigenvalue weighted by atomic mass is 79.9. The van der Waals surface area contributed by atoms with Crippen LogP contribution in [0.2, 0.25) is 0 Å². The van der Waals surface area contributed by atoms with Crippen LogP contribution in [0.25, 0.3) is 6.08 Å². The standard InChI is InChI=1S/C19H17BrN2S2/c1-23-19(13-21)18(12-7-15-5-3-2-4-6-15)22(14-24-19)17-10-8-16(20)9-11-17/h2-12,18H,14H2,1H3/b12-7+/t18-,19+/m0/s1. The minimum atomic E-state index is -0.488. The van der Waals surface area contributed by atoms with Gasteiger partial charge in [0.05, 0.1) is 18.0 Å². The number of hydrogen-bond donors (Lipinski definition) is 0. The summed E-state index contributed by atoms with van der Waals surface area (Å²) in [6.45, 7) is 0. The van der Waals surface area contributed by atoms with Crippen molar-refractivity contribution in [2.24, 2.45) is 0 Å². The highest BCUT2D eigenvalue weighted by Crippen LogP contribution is 2.48. The first kappa shape index (κ1) is 17.5. The van der Waals surface area contributed by atoms with Crippen molar-refractivity contribution in [1.82, 2.24) is 0 Å². The molecule has 1 aliphatic heterocycles. The molecule has 2 aromatic carbocycles. The average Bonchev–Trinajstić information content (AvgIpc) is 3.00. The zero-order valence-corrected chi connectivity index (χ0v) is 16.4. The van der Waals surface area contributed by atoms with E-state index >= 15 is 0 Å². The van der Waals surface area contributed by atoms with E-state index in [0.717, 1.165) is 21.6 Å². The van der Waals surface area contributed by atoms with Gasteiger partial charge in [0.1, 0.15) is 0 Å². The molecule has 0 saturated carbocycles. The van der Waals surface area contributed by atoms with Crippen molar-refractivity contribution < 1.29 is 0 Å². The quantitative estimate of drug-likeness (QED) is 0.645. The van der Waals surface area contributed by atoms with E-state index in [4.69, 9.17) is 0 Å². The Morgan fingerprint density at radius 3 is 2.58 bits per heavy atom. The van der Waals surface area contributed by atoms with E-state index in [9.17, 15) is 5.26 Å². The summed E-state index contributed by atoms with van der Waals surface area (Å²) < 4.78 is 0.573. The number of benzene rings is 2. The highest BCUT2D eigenvalue weighted by Gasteiger charge is 2.47. The molecule has 2 aromatic rings. The summed E-state index contributed by atoms with van der Waals surface area (Å²) >= 11 is 6.82. The zero-order chi connectivity index (χ0) is 17.0. The van der Waals surface area contributed by atoms with E-state index < -0.39 is 4.08 Å². The Labute approximate surface area is 160 Å². The number of rotatable bonds is 4. The first-order valence-electron chi connectivity index (χ1n) is 7.54. The predicted molar refractivity (Wildman–Crippen MR) is 110 cm³/mol. The predicted octanol–water partition coefficient (Wildman–Crippen LogP) is 5.62. The van der Waals surface area contributed by atoms with Gasteiger partial charge in [0.25, 0.3) is 0 Å². The van der Waals surface area contributed by atoms with Gasteiger partial charge in [-0.1, -0.05) is 58.4 Å². The van der Waals surface area contributed by atoms with Crippen LogP contribution < -0.4 is 4.90 Å². The van der Waals surface area contributed by atoms with Crippen molar-refractivity contribution in [1.29, 1.82) is 5.26 Å². The topological polar surface area (TPSA) is 27.0 Å². The van der Waals surface area contributed by atoms with Crippen LogP contribution in [0.5, 0.6) is 0 Å². The molecule has 0 bridgehead atoms. The van der Waals surface area contributed by atoms with E-state index in [-0.39, 0.29) is 6.04 Å². The summed E-state index contributed by atoms with van der Waals surface area (Å²) in [5, 5.41) is 9.83. The molecule has 1 fully saturated rings. The lowest BCUT2D eigenvalue weighted by Gasteiger charge is -2.30. The molecule has 1 saturated heterocycles. The van der Waals surface area contributed by atoms with Crippen molar-refractivity contribution in [3.8, 4) is 6.07 Å². The molecule has 122 valence electrons. The van der Waals surface area contributed by atoms with E-state index in [2.05, 4.69) is 63.3 Å². The summed E-state index contributed by atoms with van der Waals surface area (Å²) in [4.78, 5) is 2.30. The number of anilines is 1. The second-order valence-electron chi connectivity index (χ2n) is 5.42. The lowest BCUT2D eigenvalue weighted by atomic mass is 10.1. The van der Waals surface area contributed by atoms with E-state index in [1.165, 1.54) is 0 Å². The van der Waals surface area contributed by atoms with Crippen LogP contribution in [-0.4, -0.2) is 22.3 Å². The fourth-order valence-corrected chi connectivity index (χ4v) is 5.24. The molecule has 0 unspecified atom stereocenters. The van der Waals surface area contributed by atoms with Crippen molar-refractivity contribution in [2.75, 3.05) is 17.0 Å². The van der Waals surface area contributed by atoms with Gasteiger partial charge in [-0.2, -0.15) is 5.26 Å². The first-order valence-corrected chi connectivity index (χ1v) is 10.5. The van der Waals surface area contributed by atoms with Crippen molar-refractivity contribution in [3.05, 3.63) is 70.7 Å². The number of hydrogen-bond acceptors (Lipinski definition) is 4. The molecule has 1 aliphatic rings. The molecule has 1 heterocycles. The molecule has 0 radical (unpaired) electrons. The fourth-order valence-electron chi connectivity index (χ4n) is 2.72. The molecule has 2 atom stereocenters. The van der Waals surface area contributed by atoms with Gasteiger partial charge in [-0.3, -0.25) is 0 Å². The minimum Gasteiger partial charge on any atom is -0.352 e. The summed E-state index contributed by atoms with van der Waals surface area (Å²) in [5.74, 6) is 0.805. The van der Waals surface area contributed by atoms with Crippen molar-refractivity contribution >= 4 is 51.2 Å². The maximum absolute atomic E-state index is 9.83. The van der Waals surface area contributed by atoms with E-state index in [1.54, 1.807) is 23.5 Å². The Hall–Kier alpha value is -1.35. The molecular formula is C19H17BrN2S2. The van der Waals surface area contributed by atoms with Crippen LogP contribution in [0.4, 0.5) is 5.69 Å². The van der Waals surface area contributed by atoms with Gasteiger partial charge in [-0.15, -0.1) is 23.5 Å². The molecular weight excluding hydrogens is 400 g/mol. The van der Waals surface area contributed by atoms with Crippen LogP contribution in [0.15, 0.2) is 65.1 Å². The van der Waals surface area contributed by atoms with Crippen molar-refractivity contribution in [2.45, 2.75) is 10.1 Å². The van der Waals surface area contributed by atoms with Gasteiger partial charge >= 0.3 is 0 Å². The first-order chi connectivity index (χ1) is 11.7. The molecule has 0 aromatic heterocycles. The van der Waals surface area contributed by atoms with Crippen LogP contribution in [-0.2, 0) is 0 Å². The second kappa shape index (κ2) is 7.69. The van der Waals surface area contributed by atoms with E-state index in [1.807, 2.05) is 36.6 Å². The highest BCUT2D eigenvalue weighted by molar-refractivity contribution is 9.10. The third-order valence-electron chi connectivity index (χ3n) is 4.03. The Morgan fingerprint density at radius 2 is 1.96 bits per heavy atom. The summed E-state index contributed by atoms with van der Waals surface area (Å²) in [6.07, 6.45) is 6.30. The van der Waals surface area contributed by atoms with Crippen molar-refractivity contribution in [3.63, 3.8) is 0 Å². The van der Waals surface area contributed by atoms with Gasteiger partial charge in [0, 0.05) is 10.2 Å². The maximum atomic E-state index is 9.83. The molecule has 3 rings (SSSR count). The van der Waals surface area contributed by atoms with Crippen LogP contribution in [0, 0.1) is 11.3 Å². The van der Waals surface area contributed by atoms with Gasteiger partial charge in [0.15, 0.2) is 4.08 Å². The molecule has 2 nitrogen and oxygen atoms in total. The molecule has 5 heteroatoms. The number of halogens is 1. The largest absolute Gasteiger partial charge is 0.352 e. The van der Waals surface area contributed by atoms with Gasteiger partial charge in [-0.05, 0) is 36.1 Å². The molecule has 0 N–H and O–H groups in total. The second-order valence-corrected chi connectivity index (χ2v) is 8.83. The third kappa shape index (κ3) is 3.51. The lowest BCUT2D eigenvalue weighted by molar-refractivity contribution is 0.777. The SMILES string of the molecule is CS[C@]1(C#N)SCN(c2ccc(Br)cc2)[C@H]1/C=C/c1ccccc1. The maximum Gasteiger partial charge on any atom is 0.173 e. The number of thioether (sulfide) groups is 2. The monoisotopic (exact) mass is 416 g/mol. The normalized spacial score (nSPS) is 23.5. The van der Waals surface area contributed by atoms with Crippen LogP contribution >= 0.6 is 39.5 Å². The van der Waals surface area contributed by atoms with Gasteiger partial charge < -0.3 is 4.90 Å². The summed E-state index contributed by atoms with van der Waals surface area (Å²) in [6, 6.07) is 21.1.